The van der Waals surface area contributed by atoms with Gasteiger partial charge < -0.3 is 15.8 Å². The molecule has 0 saturated carbocycles. The zero-order chi connectivity index (χ0) is 18.6. The van der Waals surface area contributed by atoms with E-state index in [1.54, 1.807) is 27.8 Å². The molecule has 0 atom stereocenters. The molecule has 0 fully saturated rings. The molecule has 10 nitrogen and oxygen atoms in total. The van der Waals surface area contributed by atoms with Gasteiger partial charge in [-0.25, -0.2) is 14.5 Å². The Hall–Kier alpha value is -3.50. The van der Waals surface area contributed by atoms with Gasteiger partial charge in [0.2, 0.25) is 0 Å². The van der Waals surface area contributed by atoms with Gasteiger partial charge in [0.05, 0.1) is 43.0 Å². The fraction of sp³-hybridized carbons (Fsp3) is 0.176. The molecule has 0 aliphatic rings. The lowest BCUT2D eigenvalue weighted by Gasteiger charge is -2.12. The molecule has 4 heterocycles. The van der Waals surface area contributed by atoms with Crippen LogP contribution in [0.1, 0.15) is 5.69 Å². The highest BCUT2D eigenvalue weighted by molar-refractivity contribution is 5.70. The SMILES string of the molecule is NNc1ccc(-c2cnn(CCO)c2)nc1NCc1ccc2nccn2n1. The predicted molar refractivity (Wildman–Crippen MR) is 101 cm³/mol. The third-order valence-electron chi connectivity index (χ3n) is 4.06. The first kappa shape index (κ1) is 16.9. The standard InChI is InChI=1S/C17H19N9O/c18-23-15-3-2-14(12-9-21-25(11-12)7-8-27)22-17(15)20-10-13-1-4-16-19-5-6-26(16)24-13/h1-6,9,11,23,27H,7-8,10,18H2,(H,20,22). The average Bonchev–Trinajstić information content (AvgIpc) is 3.35. The first-order valence-electron chi connectivity index (χ1n) is 8.41. The monoisotopic (exact) mass is 365 g/mol. The summed E-state index contributed by atoms with van der Waals surface area (Å²) < 4.78 is 3.39. The molecule has 0 aliphatic heterocycles. The number of fused-ring (bicyclic) bond motifs is 1. The highest BCUT2D eigenvalue weighted by Gasteiger charge is 2.09. The van der Waals surface area contributed by atoms with E-state index in [9.17, 15) is 0 Å². The lowest BCUT2D eigenvalue weighted by Crippen LogP contribution is -2.12. The second-order valence-corrected chi connectivity index (χ2v) is 5.86. The van der Waals surface area contributed by atoms with E-state index in [0.717, 1.165) is 22.6 Å². The highest BCUT2D eigenvalue weighted by Crippen LogP contribution is 2.25. The minimum atomic E-state index is 0.0334. The van der Waals surface area contributed by atoms with Gasteiger partial charge in [0.15, 0.2) is 11.5 Å². The van der Waals surface area contributed by atoms with Crippen molar-refractivity contribution in [3.05, 3.63) is 54.7 Å². The van der Waals surface area contributed by atoms with Crippen LogP contribution >= 0.6 is 0 Å². The van der Waals surface area contributed by atoms with E-state index in [1.807, 2.05) is 30.5 Å². The summed E-state index contributed by atoms with van der Waals surface area (Å²) in [6, 6.07) is 7.52. The maximum atomic E-state index is 9.02. The van der Waals surface area contributed by atoms with E-state index in [-0.39, 0.29) is 6.61 Å². The Morgan fingerprint density at radius 3 is 2.96 bits per heavy atom. The van der Waals surface area contributed by atoms with Crippen molar-refractivity contribution in [3.8, 4) is 11.3 Å². The summed E-state index contributed by atoms with van der Waals surface area (Å²) >= 11 is 0. The summed E-state index contributed by atoms with van der Waals surface area (Å²) in [7, 11) is 0. The fourth-order valence-electron chi connectivity index (χ4n) is 2.72. The largest absolute Gasteiger partial charge is 0.394 e. The molecule has 0 aromatic carbocycles. The van der Waals surface area contributed by atoms with Crippen molar-refractivity contribution in [2.45, 2.75) is 13.1 Å². The normalized spacial score (nSPS) is 11.0. The Bertz CT molecular complexity index is 1060. The number of hydrazine groups is 1. The summed E-state index contributed by atoms with van der Waals surface area (Å²) in [5.41, 5.74) is 6.56. The van der Waals surface area contributed by atoms with E-state index in [0.29, 0.717) is 24.6 Å². The summed E-state index contributed by atoms with van der Waals surface area (Å²) in [5, 5.41) is 21.0. The smallest absolute Gasteiger partial charge is 0.153 e. The van der Waals surface area contributed by atoms with Gasteiger partial charge in [0.1, 0.15) is 0 Å². The molecule has 27 heavy (non-hydrogen) atoms. The van der Waals surface area contributed by atoms with Gasteiger partial charge in [0, 0.05) is 24.2 Å². The van der Waals surface area contributed by atoms with E-state index < -0.39 is 0 Å². The molecule has 138 valence electrons. The number of nitrogen functional groups attached to an aromatic ring is 1. The quantitative estimate of drug-likeness (QED) is 0.280. The zero-order valence-electron chi connectivity index (χ0n) is 14.4. The zero-order valence-corrected chi connectivity index (χ0v) is 14.4. The van der Waals surface area contributed by atoms with Crippen molar-refractivity contribution in [2.24, 2.45) is 5.84 Å². The third-order valence-corrected chi connectivity index (χ3v) is 4.06. The van der Waals surface area contributed by atoms with Crippen LogP contribution in [0.25, 0.3) is 16.9 Å². The van der Waals surface area contributed by atoms with Crippen LogP contribution in [0.2, 0.25) is 0 Å². The first-order chi connectivity index (χ1) is 13.3. The van der Waals surface area contributed by atoms with Crippen LogP contribution < -0.4 is 16.6 Å². The average molecular weight is 365 g/mol. The summed E-state index contributed by atoms with van der Waals surface area (Å²) in [4.78, 5) is 8.82. The number of rotatable bonds is 7. The number of aliphatic hydroxyl groups excluding tert-OH is 1. The van der Waals surface area contributed by atoms with Crippen LogP contribution in [0.4, 0.5) is 11.5 Å². The number of imidazole rings is 1. The molecule has 0 amide bonds. The predicted octanol–water partition coefficient (Wildman–Crippen LogP) is 0.878. The summed E-state index contributed by atoms with van der Waals surface area (Å²) in [6.07, 6.45) is 7.06. The Morgan fingerprint density at radius 2 is 2.11 bits per heavy atom. The maximum absolute atomic E-state index is 9.02. The fourth-order valence-corrected chi connectivity index (χ4v) is 2.72. The van der Waals surface area contributed by atoms with Crippen LogP contribution in [0.5, 0.6) is 0 Å². The third kappa shape index (κ3) is 3.57. The Morgan fingerprint density at radius 1 is 1.19 bits per heavy atom. The lowest BCUT2D eigenvalue weighted by molar-refractivity contribution is 0.269. The Kier molecular flexibility index (Phi) is 4.64. The molecule has 0 spiro atoms. The summed E-state index contributed by atoms with van der Waals surface area (Å²) in [6.45, 7) is 0.949. The molecule has 4 rings (SSSR count). The van der Waals surface area contributed by atoms with Crippen LogP contribution in [-0.4, -0.2) is 41.1 Å². The molecule has 0 aliphatic carbocycles. The van der Waals surface area contributed by atoms with E-state index >= 15 is 0 Å². The number of nitrogens with two attached hydrogens (primary N) is 1. The molecular formula is C17H19N9O. The lowest BCUT2D eigenvalue weighted by atomic mass is 10.2. The molecule has 0 unspecified atom stereocenters. The van der Waals surface area contributed by atoms with Gasteiger partial charge in [-0.3, -0.25) is 10.5 Å². The molecule has 4 aromatic heterocycles. The second kappa shape index (κ2) is 7.40. The number of aliphatic hydroxyl groups is 1. The first-order valence-corrected chi connectivity index (χ1v) is 8.41. The van der Waals surface area contributed by atoms with E-state index in [1.165, 1.54) is 0 Å². The molecule has 4 aromatic rings. The number of nitrogens with one attached hydrogen (secondary N) is 2. The Balaban J connectivity index is 1.56. The van der Waals surface area contributed by atoms with E-state index in [2.05, 4.69) is 30.9 Å². The number of hydrogen-bond acceptors (Lipinski definition) is 8. The Labute approximate surface area is 154 Å². The molecule has 0 saturated heterocycles. The van der Waals surface area contributed by atoms with Crippen molar-refractivity contribution >= 4 is 17.2 Å². The molecule has 0 radical (unpaired) electrons. The number of pyridine rings is 1. The molecular weight excluding hydrogens is 346 g/mol. The van der Waals surface area contributed by atoms with Crippen LogP contribution in [0, 0.1) is 0 Å². The van der Waals surface area contributed by atoms with Gasteiger partial charge in [-0.2, -0.15) is 10.2 Å². The van der Waals surface area contributed by atoms with Crippen molar-refractivity contribution in [1.82, 2.24) is 29.4 Å². The van der Waals surface area contributed by atoms with Gasteiger partial charge in [-0.15, -0.1) is 0 Å². The van der Waals surface area contributed by atoms with Crippen molar-refractivity contribution in [1.29, 1.82) is 0 Å². The van der Waals surface area contributed by atoms with Crippen molar-refractivity contribution < 1.29 is 5.11 Å². The minimum Gasteiger partial charge on any atom is -0.394 e. The minimum absolute atomic E-state index is 0.0334. The van der Waals surface area contributed by atoms with Crippen LogP contribution in [0.15, 0.2) is 49.1 Å². The van der Waals surface area contributed by atoms with Gasteiger partial charge in [-0.1, -0.05) is 0 Å². The van der Waals surface area contributed by atoms with Gasteiger partial charge >= 0.3 is 0 Å². The molecule has 10 heteroatoms. The van der Waals surface area contributed by atoms with Gasteiger partial charge in [0.25, 0.3) is 0 Å². The van der Waals surface area contributed by atoms with Crippen LogP contribution in [0.3, 0.4) is 0 Å². The topological polar surface area (TPSA) is 131 Å². The van der Waals surface area contributed by atoms with Crippen LogP contribution in [-0.2, 0) is 13.1 Å². The van der Waals surface area contributed by atoms with Crippen molar-refractivity contribution in [3.63, 3.8) is 0 Å². The number of anilines is 2. The number of hydrogen-bond donors (Lipinski definition) is 4. The van der Waals surface area contributed by atoms with Crippen molar-refractivity contribution in [2.75, 3.05) is 17.3 Å². The van der Waals surface area contributed by atoms with Gasteiger partial charge in [-0.05, 0) is 24.3 Å². The number of aromatic nitrogens is 6. The number of nitrogens with zero attached hydrogens (tertiary/aromatic N) is 6. The van der Waals surface area contributed by atoms with E-state index in [4.69, 9.17) is 10.9 Å². The maximum Gasteiger partial charge on any atom is 0.153 e. The summed E-state index contributed by atoms with van der Waals surface area (Å²) in [5.74, 6) is 6.22. The second-order valence-electron chi connectivity index (χ2n) is 5.86. The molecule has 5 N–H and O–H groups in total. The highest BCUT2D eigenvalue weighted by atomic mass is 16.3. The molecule has 0 bridgehead atoms.